The predicted molar refractivity (Wildman–Crippen MR) is 73.6 cm³/mol. The first-order valence-electron chi connectivity index (χ1n) is 6.63. The SMILES string of the molecule is Cc1c(C(CO)NC2CC2)c2ccccc2n1C. The van der Waals surface area contributed by atoms with Crippen LogP contribution in [0, 0.1) is 6.92 Å². The van der Waals surface area contributed by atoms with E-state index in [0.717, 1.165) is 0 Å². The van der Waals surface area contributed by atoms with Crippen LogP contribution in [0.1, 0.15) is 30.1 Å². The lowest BCUT2D eigenvalue weighted by Crippen LogP contribution is -2.26. The van der Waals surface area contributed by atoms with E-state index in [9.17, 15) is 5.11 Å². The van der Waals surface area contributed by atoms with E-state index in [-0.39, 0.29) is 12.6 Å². The zero-order valence-corrected chi connectivity index (χ0v) is 11.0. The van der Waals surface area contributed by atoms with Crippen LogP contribution in [0.2, 0.25) is 0 Å². The lowest BCUT2D eigenvalue weighted by Gasteiger charge is -2.17. The Morgan fingerprint density at radius 3 is 2.78 bits per heavy atom. The minimum atomic E-state index is 0.0589. The standard InChI is InChI=1S/C15H20N2O/c1-10-15(13(9-18)16-11-7-8-11)12-5-3-4-6-14(12)17(10)2/h3-6,11,13,16,18H,7-9H2,1-2H3. The molecule has 0 spiro atoms. The van der Waals surface area contributed by atoms with E-state index >= 15 is 0 Å². The Balaban J connectivity index is 2.10. The molecule has 3 rings (SSSR count). The zero-order valence-electron chi connectivity index (χ0n) is 11.0. The molecule has 1 aromatic carbocycles. The van der Waals surface area contributed by atoms with Crippen molar-refractivity contribution < 1.29 is 5.11 Å². The molecule has 1 atom stereocenters. The Bertz CT molecular complexity index is 569. The van der Waals surface area contributed by atoms with Crippen molar-refractivity contribution in [2.75, 3.05) is 6.61 Å². The van der Waals surface area contributed by atoms with E-state index in [1.807, 2.05) is 0 Å². The van der Waals surface area contributed by atoms with Gasteiger partial charge in [-0.1, -0.05) is 18.2 Å². The maximum Gasteiger partial charge on any atom is 0.0627 e. The van der Waals surface area contributed by atoms with E-state index in [1.165, 1.54) is 35.0 Å². The number of aliphatic hydroxyl groups excluding tert-OH is 1. The third kappa shape index (κ3) is 1.84. The second-order valence-electron chi connectivity index (χ2n) is 5.25. The van der Waals surface area contributed by atoms with Crippen molar-refractivity contribution in [2.45, 2.75) is 31.8 Å². The van der Waals surface area contributed by atoms with Gasteiger partial charge in [0.25, 0.3) is 0 Å². The molecule has 0 aliphatic heterocycles. The van der Waals surface area contributed by atoms with Gasteiger partial charge in [-0.2, -0.15) is 0 Å². The van der Waals surface area contributed by atoms with Crippen LogP contribution in [0.5, 0.6) is 0 Å². The van der Waals surface area contributed by atoms with E-state index in [1.54, 1.807) is 0 Å². The number of benzene rings is 1. The normalized spacial score (nSPS) is 17.3. The molecule has 1 aromatic heterocycles. The van der Waals surface area contributed by atoms with Crippen LogP contribution in [0.4, 0.5) is 0 Å². The van der Waals surface area contributed by atoms with Gasteiger partial charge in [-0.3, -0.25) is 0 Å². The van der Waals surface area contributed by atoms with E-state index < -0.39 is 0 Å². The molecule has 1 unspecified atom stereocenters. The molecule has 18 heavy (non-hydrogen) atoms. The maximum absolute atomic E-state index is 9.68. The van der Waals surface area contributed by atoms with Gasteiger partial charge in [-0.05, 0) is 31.4 Å². The lowest BCUT2D eigenvalue weighted by atomic mass is 10.0. The molecule has 3 heteroatoms. The second kappa shape index (κ2) is 4.41. The fourth-order valence-electron chi connectivity index (χ4n) is 2.75. The molecule has 1 aliphatic rings. The molecule has 3 nitrogen and oxygen atoms in total. The first kappa shape index (κ1) is 11.8. The summed E-state index contributed by atoms with van der Waals surface area (Å²) in [7, 11) is 2.09. The first-order chi connectivity index (χ1) is 8.72. The van der Waals surface area contributed by atoms with Crippen molar-refractivity contribution in [3.8, 4) is 0 Å². The topological polar surface area (TPSA) is 37.2 Å². The molecule has 1 aliphatic carbocycles. The number of para-hydroxylation sites is 1. The van der Waals surface area contributed by atoms with E-state index in [0.29, 0.717) is 6.04 Å². The van der Waals surface area contributed by atoms with Crippen molar-refractivity contribution in [2.24, 2.45) is 7.05 Å². The quantitative estimate of drug-likeness (QED) is 0.865. The lowest BCUT2D eigenvalue weighted by molar-refractivity contribution is 0.243. The van der Waals surface area contributed by atoms with Gasteiger partial charge in [0.15, 0.2) is 0 Å². The van der Waals surface area contributed by atoms with Crippen LogP contribution in [-0.4, -0.2) is 22.3 Å². The van der Waals surface area contributed by atoms with Gasteiger partial charge in [0.2, 0.25) is 0 Å². The Morgan fingerprint density at radius 1 is 1.39 bits per heavy atom. The predicted octanol–water partition coefficient (Wildman–Crippen LogP) is 2.27. The summed E-state index contributed by atoms with van der Waals surface area (Å²) >= 11 is 0. The monoisotopic (exact) mass is 244 g/mol. The van der Waals surface area contributed by atoms with Crippen molar-refractivity contribution in [1.29, 1.82) is 0 Å². The summed E-state index contributed by atoms with van der Waals surface area (Å²) in [5, 5.41) is 14.5. The number of hydrogen-bond donors (Lipinski definition) is 2. The van der Waals surface area contributed by atoms with Gasteiger partial charge < -0.3 is 15.0 Å². The van der Waals surface area contributed by atoms with Crippen LogP contribution in [0.3, 0.4) is 0 Å². The van der Waals surface area contributed by atoms with Crippen LogP contribution >= 0.6 is 0 Å². The summed E-state index contributed by atoms with van der Waals surface area (Å²) in [5.74, 6) is 0. The number of hydrogen-bond acceptors (Lipinski definition) is 2. The fraction of sp³-hybridized carbons (Fsp3) is 0.467. The highest BCUT2D eigenvalue weighted by Gasteiger charge is 2.27. The number of fused-ring (bicyclic) bond motifs is 1. The van der Waals surface area contributed by atoms with Crippen LogP contribution in [-0.2, 0) is 7.05 Å². The summed E-state index contributed by atoms with van der Waals surface area (Å²) in [6, 6.07) is 9.07. The summed E-state index contributed by atoms with van der Waals surface area (Å²) in [6.45, 7) is 2.29. The Morgan fingerprint density at radius 2 is 2.11 bits per heavy atom. The molecular weight excluding hydrogens is 224 g/mol. The molecule has 1 fully saturated rings. The van der Waals surface area contributed by atoms with Gasteiger partial charge in [0, 0.05) is 29.7 Å². The third-order valence-electron chi connectivity index (χ3n) is 3.99. The van der Waals surface area contributed by atoms with Crippen molar-refractivity contribution >= 4 is 10.9 Å². The maximum atomic E-state index is 9.68. The highest BCUT2D eigenvalue weighted by molar-refractivity contribution is 5.86. The van der Waals surface area contributed by atoms with Crippen LogP contribution in [0.25, 0.3) is 10.9 Å². The smallest absolute Gasteiger partial charge is 0.0627 e. The van der Waals surface area contributed by atoms with Crippen molar-refractivity contribution in [3.05, 3.63) is 35.5 Å². The van der Waals surface area contributed by atoms with Gasteiger partial charge in [0.1, 0.15) is 0 Å². The summed E-state index contributed by atoms with van der Waals surface area (Å²) in [4.78, 5) is 0. The summed E-state index contributed by atoms with van der Waals surface area (Å²) in [6.07, 6.45) is 2.47. The largest absolute Gasteiger partial charge is 0.394 e. The molecule has 0 saturated heterocycles. The average Bonchev–Trinajstić information content (AvgIpc) is 3.17. The Labute approximate surface area is 107 Å². The zero-order chi connectivity index (χ0) is 12.7. The molecule has 0 bridgehead atoms. The third-order valence-corrected chi connectivity index (χ3v) is 3.99. The summed E-state index contributed by atoms with van der Waals surface area (Å²) in [5.41, 5.74) is 3.73. The molecule has 0 radical (unpaired) electrons. The molecule has 2 aromatic rings. The minimum absolute atomic E-state index is 0.0589. The van der Waals surface area contributed by atoms with E-state index in [2.05, 4.69) is 48.1 Å². The Kier molecular flexibility index (Phi) is 2.88. The van der Waals surface area contributed by atoms with Crippen molar-refractivity contribution in [3.63, 3.8) is 0 Å². The molecule has 1 saturated carbocycles. The summed E-state index contributed by atoms with van der Waals surface area (Å²) < 4.78 is 2.21. The second-order valence-corrected chi connectivity index (χ2v) is 5.25. The fourth-order valence-corrected chi connectivity index (χ4v) is 2.75. The van der Waals surface area contributed by atoms with Gasteiger partial charge >= 0.3 is 0 Å². The Hall–Kier alpha value is -1.32. The van der Waals surface area contributed by atoms with Crippen LogP contribution < -0.4 is 5.32 Å². The average molecular weight is 244 g/mol. The molecule has 96 valence electrons. The number of aromatic nitrogens is 1. The van der Waals surface area contributed by atoms with E-state index in [4.69, 9.17) is 0 Å². The van der Waals surface area contributed by atoms with Gasteiger partial charge in [-0.15, -0.1) is 0 Å². The number of nitrogens with zero attached hydrogens (tertiary/aromatic N) is 1. The highest BCUT2D eigenvalue weighted by Crippen LogP contribution is 2.32. The number of nitrogens with one attached hydrogen (secondary N) is 1. The molecule has 1 heterocycles. The molecule has 0 amide bonds. The number of aryl methyl sites for hydroxylation is 1. The molecule has 2 N–H and O–H groups in total. The first-order valence-corrected chi connectivity index (χ1v) is 6.63. The molecular formula is C15H20N2O. The van der Waals surface area contributed by atoms with Crippen molar-refractivity contribution in [1.82, 2.24) is 9.88 Å². The number of rotatable bonds is 4. The number of aliphatic hydroxyl groups is 1. The minimum Gasteiger partial charge on any atom is -0.394 e. The van der Waals surface area contributed by atoms with Gasteiger partial charge in [-0.25, -0.2) is 0 Å². The van der Waals surface area contributed by atoms with Crippen LogP contribution in [0.15, 0.2) is 24.3 Å². The van der Waals surface area contributed by atoms with Gasteiger partial charge in [0.05, 0.1) is 12.6 Å². The highest BCUT2D eigenvalue weighted by atomic mass is 16.3.